The first-order valence-electron chi connectivity index (χ1n) is 7.61. The van der Waals surface area contributed by atoms with E-state index >= 15 is 0 Å². The van der Waals surface area contributed by atoms with E-state index in [1.807, 2.05) is 0 Å². The minimum Gasteiger partial charge on any atom is -0.466 e. The number of hydrogen-bond acceptors (Lipinski definition) is 5. The van der Waals surface area contributed by atoms with Crippen molar-refractivity contribution in [2.24, 2.45) is 0 Å². The minimum atomic E-state index is -5.34. The molecule has 0 heterocycles. The van der Waals surface area contributed by atoms with Crippen LogP contribution < -0.4 is 16.2 Å². The summed E-state index contributed by atoms with van der Waals surface area (Å²) < 4.78 is 59.0. The average molecular weight is 420 g/mol. The molecule has 0 spiro atoms. The molecule has 1 amide bonds. The smallest absolute Gasteiger partial charge is 0.438 e. The van der Waals surface area contributed by atoms with E-state index in [1.165, 1.54) is 29.6 Å². The maximum absolute atomic E-state index is 13.8. The monoisotopic (exact) mass is 419 g/mol. The number of hydrazine groups is 1. The van der Waals surface area contributed by atoms with Gasteiger partial charge in [-0.3, -0.25) is 4.79 Å². The van der Waals surface area contributed by atoms with E-state index in [2.05, 4.69) is 10.2 Å². The van der Waals surface area contributed by atoms with Crippen LogP contribution in [0.4, 0.5) is 23.2 Å². The molecule has 0 saturated carbocycles. The topological polar surface area (TPSA) is 79.5 Å². The van der Waals surface area contributed by atoms with Gasteiger partial charge in [-0.1, -0.05) is 23.7 Å². The molecule has 0 aliphatic rings. The zero-order valence-electron chi connectivity index (χ0n) is 14.2. The van der Waals surface area contributed by atoms with Crippen molar-refractivity contribution in [2.75, 3.05) is 12.5 Å². The number of ether oxygens (including phenoxy) is 1. The summed E-state index contributed by atoms with van der Waals surface area (Å²) >= 11 is 5.77. The Labute approximate surface area is 161 Å². The minimum absolute atomic E-state index is 0.0741. The van der Waals surface area contributed by atoms with E-state index in [1.54, 1.807) is 5.43 Å². The van der Waals surface area contributed by atoms with Gasteiger partial charge in [0.15, 0.2) is 0 Å². The maximum atomic E-state index is 13.8. The number of amides is 1. The van der Waals surface area contributed by atoms with Gasteiger partial charge in [0.1, 0.15) is 5.82 Å². The van der Waals surface area contributed by atoms with Crippen molar-refractivity contribution in [1.82, 2.24) is 10.7 Å². The summed E-state index contributed by atoms with van der Waals surface area (Å²) in [6.45, 7) is 0. The molecule has 150 valence electrons. The van der Waals surface area contributed by atoms with Crippen molar-refractivity contribution in [1.29, 1.82) is 0 Å². The zero-order valence-corrected chi connectivity index (χ0v) is 15.0. The van der Waals surface area contributed by atoms with Gasteiger partial charge in [0.25, 0.3) is 5.91 Å². The number of benzene rings is 2. The van der Waals surface area contributed by atoms with Crippen LogP contribution in [0.3, 0.4) is 0 Å². The Hall–Kier alpha value is -2.85. The van der Waals surface area contributed by atoms with Crippen molar-refractivity contribution in [2.45, 2.75) is 11.8 Å². The van der Waals surface area contributed by atoms with Crippen LogP contribution in [-0.2, 0) is 9.53 Å². The molecule has 2 rings (SSSR count). The lowest BCUT2D eigenvalue weighted by molar-refractivity contribution is -0.215. The summed E-state index contributed by atoms with van der Waals surface area (Å²) in [5.74, 6) is -4.05. The van der Waals surface area contributed by atoms with Crippen LogP contribution in [0, 0.1) is 5.82 Å². The number of hydrogen-bond donors (Lipinski definition) is 3. The maximum Gasteiger partial charge on any atom is 0.438 e. The molecule has 2 aromatic rings. The van der Waals surface area contributed by atoms with Gasteiger partial charge < -0.3 is 15.5 Å². The van der Waals surface area contributed by atoms with E-state index in [-0.39, 0.29) is 10.7 Å². The number of alkyl halides is 3. The van der Waals surface area contributed by atoms with Gasteiger partial charge in [0, 0.05) is 10.6 Å². The largest absolute Gasteiger partial charge is 0.466 e. The molecule has 28 heavy (non-hydrogen) atoms. The molecule has 2 aromatic carbocycles. The Kier molecular flexibility index (Phi) is 6.47. The summed E-state index contributed by atoms with van der Waals surface area (Å²) in [7, 11) is 0.720. The van der Waals surface area contributed by atoms with Crippen LogP contribution in [0.2, 0.25) is 5.02 Å². The molecule has 1 unspecified atom stereocenters. The number of halogens is 5. The highest BCUT2D eigenvalue weighted by molar-refractivity contribution is 6.30. The van der Waals surface area contributed by atoms with Crippen LogP contribution in [0.1, 0.15) is 10.4 Å². The molecule has 0 bridgehead atoms. The number of anilines is 1. The molecular formula is C17H14ClF4N3O3. The lowest BCUT2D eigenvalue weighted by Crippen LogP contribution is -2.73. The van der Waals surface area contributed by atoms with E-state index < -0.39 is 35.1 Å². The van der Waals surface area contributed by atoms with Crippen LogP contribution in [-0.4, -0.2) is 30.8 Å². The van der Waals surface area contributed by atoms with Gasteiger partial charge in [0.05, 0.1) is 12.8 Å². The van der Waals surface area contributed by atoms with E-state index in [0.29, 0.717) is 0 Å². The van der Waals surface area contributed by atoms with Crippen molar-refractivity contribution in [3.63, 3.8) is 0 Å². The lowest BCUT2D eigenvalue weighted by Gasteiger charge is -2.34. The van der Waals surface area contributed by atoms with Gasteiger partial charge in [-0.2, -0.15) is 18.6 Å². The van der Waals surface area contributed by atoms with Crippen molar-refractivity contribution < 1.29 is 31.9 Å². The molecule has 3 N–H and O–H groups in total. The fourth-order valence-corrected chi connectivity index (χ4v) is 2.34. The average Bonchev–Trinajstić information content (AvgIpc) is 2.63. The van der Waals surface area contributed by atoms with E-state index in [9.17, 15) is 27.2 Å². The van der Waals surface area contributed by atoms with Crippen LogP contribution >= 0.6 is 11.6 Å². The first-order valence-corrected chi connectivity index (χ1v) is 7.99. The Balaban J connectivity index is 2.39. The normalized spacial score (nSPS) is 13.4. The first kappa shape index (κ1) is 21.5. The van der Waals surface area contributed by atoms with Gasteiger partial charge in [-0.15, -0.1) is 0 Å². The van der Waals surface area contributed by atoms with Crippen LogP contribution in [0.25, 0.3) is 0 Å². The predicted octanol–water partition coefficient (Wildman–Crippen LogP) is 3.26. The Morgan fingerprint density at radius 1 is 1.07 bits per heavy atom. The molecule has 0 saturated heterocycles. The van der Waals surface area contributed by atoms with Crippen LogP contribution in [0.15, 0.2) is 48.5 Å². The highest BCUT2D eigenvalue weighted by Crippen LogP contribution is 2.30. The fourth-order valence-electron chi connectivity index (χ4n) is 2.15. The molecule has 0 aliphatic carbocycles. The third-order valence-electron chi connectivity index (χ3n) is 3.52. The van der Waals surface area contributed by atoms with Gasteiger partial charge in [-0.25, -0.2) is 9.18 Å². The second-order valence-electron chi connectivity index (χ2n) is 5.46. The molecule has 11 heteroatoms. The predicted molar refractivity (Wildman–Crippen MR) is 92.9 cm³/mol. The van der Waals surface area contributed by atoms with Crippen molar-refractivity contribution in [3.8, 4) is 0 Å². The summed E-state index contributed by atoms with van der Waals surface area (Å²) in [5, 5.41) is 1.75. The third kappa shape index (κ3) is 4.70. The Morgan fingerprint density at radius 3 is 2.32 bits per heavy atom. The summed E-state index contributed by atoms with van der Waals surface area (Å²) in [5.41, 5.74) is -0.107. The summed E-state index contributed by atoms with van der Waals surface area (Å²) in [4.78, 5) is 24.3. The number of methoxy groups -OCH3 is 1. The lowest BCUT2D eigenvalue weighted by atomic mass is 10.1. The van der Waals surface area contributed by atoms with Crippen molar-refractivity contribution >= 4 is 29.2 Å². The number of esters is 1. The van der Waals surface area contributed by atoms with E-state index in [4.69, 9.17) is 11.6 Å². The molecule has 0 aliphatic heterocycles. The van der Waals surface area contributed by atoms with Gasteiger partial charge in [0.2, 0.25) is 0 Å². The van der Waals surface area contributed by atoms with E-state index in [0.717, 1.165) is 31.4 Å². The molecule has 0 fully saturated rings. The highest BCUT2D eigenvalue weighted by Gasteiger charge is 2.63. The number of rotatable bonds is 6. The Morgan fingerprint density at radius 2 is 1.75 bits per heavy atom. The third-order valence-corrected chi connectivity index (χ3v) is 3.76. The second kappa shape index (κ2) is 8.44. The number of nitrogens with one attached hydrogen (secondary N) is 3. The summed E-state index contributed by atoms with van der Waals surface area (Å²) in [6, 6.07) is 9.52. The molecule has 6 nitrogen and oxygen atoms in total. The quantitative estimate of drug-likeness (QED) is 0.290. The van der Waals surface area contributed by atoms with Gasteiger partial charge >= 0.3 is 17.8 Å². The second-order valence-corrected chi connectivity index (χ2v) is 5.90. The molecular weight excluding hydrogens is 406 g/mol. The fraction of sp³-hybridized carbons (Fsp3) is 0.176. The summed E-state index contributed by atoms with van der Waals surface area (Å²) in [6.07, 6.45) is -5.34. The number of carbonyl (C=O) groups excluding carboxylic acids is 2. The highest BCUT2D eigenvalue weighted by atomic mass is 35.5. The SMILES string of the molecule is COC(=O)C(NNc1cccc(Cl)c1)(NC(=O)c1cccc(F)c1)C(F)(F)F. The van der Waals surface area contributed by atoms with Gasteiger partial charge in [-0.05, 0) is 36.4 Å². The molecule has 1 atom stereocenters. The molecule has 0 aromatic heterocycles. The Bertz CT molecular complexity index is 879. The molecule has 0 radical (unpaired) electrons. The zero-order chi connectivity index (χ0) is 20.9. The standard InChI is InChI=1S/C17H14ClF4N3O3/c1-28-15(27)16(17(20,21)22,25-24-13-7-3-5-11(18)9-13)23-14(26)10-4-2-6-12(19)8-10/h2-9,24-25H,1H3,(H,23,26). The first-order chi connectivity index (χ1) is 13.1. The number of carbonyl (C=O) groups is 2. The van der Waals surface area contributed by atoms with Crippen molar-refractivity contribution in [3.05, 3.63) is 64.9 Å². The van der Waals surface area contributed by atoms with Crippen LogP contribution in [0.5, 0.6) is 0 Å².